The molecule has 0 aliphatic carbocycles. The number of nitrogens with one attached hydrogen (secondary N) is 1. The van der Waals surface area contributed by atoms with Gasteiger partial charge in [-0.05, 0) is 12.1 Å². The van der Waals surface area contributed by atoms with Crippen LogP contribution in [-0.4, -0.2) is 25.5 Å². The molecule has 0 unspecified atom stereocenters. The summed E-state index contributed by atoms with van der Waals surface area (Å²) >= 11 is 0. The molecule has 0 atom stereocenters. The number of benzene rings is 1. The van der Waals surface area contributed by atoms with Crippen molar-refractivity contribution < 1.29 is 13.2 Å². The first kappa shape index (κ1) is 14.5. The van der Waals surface area contributed by atoms with E-state index in [1.165, 1.54) is 19.2 Å². The number of nitrogens with two attached hydrogens (primary N) is 1. The second-order valence-electron chi connectivity index (χ2n) is 3.88. The van der Waals surface area contributed by atoms with E-state index >= 15 is 0 Å². The molecule has 1 aromatic heterocycles. The SMILES string of the molecule is COc1cccc(C#N)c1NS(=O)(=O)c1cnc(N)nc1. The number of nitriles is 1. The van der Waals surface area contributed by atoms with Gasteiger partial charge in [-0.1, -0.05) is 6.07 Å². The van der Waals surface area contributed by atoms with E-state index in [-0.39, 0.29) is 27.8 Å². The highest BCUT2D eigenvalue weighted by atomic mass is 32.2. The highest BCUT2D eigenvalue weighted by Crippen LogP contribution is 2.29. The first-order valence-electron chi connectivity index (χ1n) is 5.65. The molecule has 0 saturated carbocycles. The lowest BCUT2D eigenvalue weighted by Gasteiger charge is -2.12. The molecule has 8 nitrogen and oxygen atoms in total. The number of methoxy groups -OCH3 is 1. The van der Waals surface area contributed by atoms with Crippen molar-refractivity contribution in [1.29, 1.82) is 5.26 Å². The number of nitrogens with zero attached hydrogens (tertiary/aromatic N) is 3. The molecular weight excluding hydrogens is 294 g/mol. The average molecular weight is 305 g/mol. The van der Waals surface area contributed by atoms with Crippen LogP contribution in [0.2, 0.25) is 0 Å². The first-order valence-corrected chi connectivity index (χ1v) is 7.13. The molecule has 108 valence electrons. The Bertz CT molecular complexity index is 797. The van der Waals surface area contributed by atoms with Crippen LogP contribution in [0.5, 0.6) is 5.75 Å². The Balaban J connectivity index is 2.46. The van der Waals surface area contributed by atoms with Crippen LogP contribution in [0, 0.1) is 11.3 Å². The molecule has 0 aliphatic rings. The van der Waals surface area contributed by atoms with Crippen LogP contribution in [-0.2, 0) is 10.0 Å². The van der Waals surface area contributed by atoms with Crippen molar-refractivity contribution in [3.8, 4) is 11.8 Å². The second-order valence-corrected chi connectivity index (χ2v) is 5.56. The molecule has 3 N–H and O–H groups in total. The van der Waals surface area contributed by atoms with E-state index in [2.05, 4.69) is 14.7 Å². The van der Waals surface area contributed by atoms with Crippen molar-refractivity contribution >= 4 is 21.7 Å². The molecule has 0 saturated heterocycles. The van der Waals surface area contributed by atoms with Crippen LogP contribution < -0.4 is 15.2 Å². The lowest BCUT2D eigenvalue weighted by Crippen LogP contribution is -2.15. The van der Waals surface area contributed by atoms with Gasteiger partial charge in [-0.2, -0.15) is 5.26 Å². The number of ether oxygens (including phenoxy) is 1. The molecule has 2 aromatic rings. The molecule has 9 heteroatoms. The van der Waals surface area contributed by atoms with E-state index in [9.17, 15) is 8.42 Å². The van der Waals surface area contributed by atoms with E-state index in [4.69, 9.17) is 15.7 Å². The van der Waals surface area contributed by atoms with Crippen molar-refractivity contribution in [1.82, 2.24) is 9.97 Å². The van der Waals surface area contributed by atoms with Gasteiger partial charge in [0, 0.05) is 0 Å². The molecule has 0 fully saturated rings. The fourth-order valence-corrected chi connectivity index (χ4v) is 2.54. The minimum absolute atomic E-state index is 0.0380. The predicted molar refractivity (Wildman–Crippen MR) is 75.0 cm³/mol. The van der Waals surface area contributed by atoms with Crippen LogP contribution in [0.25, 0.3) is 0 Å². The molecule has 0 radical (unpaired) electrons. The summed E-state index contributed by atoms with van der Waals surface area (Å²) in [5, 5.41) is 9.06. The molecule has 0 spiro atoms. The number of anilines is 2. The number of sulfonamides is 1. The Morgan fingerprint density at radius 3 is 2.57 bits per heavy atom. The Morgan fingerprint density at radius 2 is 2.00 bits per heavy atom. The zero-order valence-electron chi connectivity index (χ0n) is 10.9. The molecule has 21 heavy (non-hydrogen) atoms. The van der Waals surface area contributed by atoms with Gasteiger partial charge in [-0.15, -0.1) is 0 Å². The minimum atomic E-state index is -3.96. The summed E-state index contributed by atoms with van der Waals surface area (Å²) in [6.45, 7) is 0. The minimum Gasteiger partial charge on any atom is -0.495 e. The van der Waals surface area contributed by atoms with Gasteiger partial charge in [0.25, 0.3) is 10.0 Å². The Morgan fingerprint density at radius 1 is 1.33 bits per heavy atom. The lowest BCUT2D eigenvalue weighted by atomic mass is 10.2. The smallest absolute Gasteiger partial charge is 0.265 e. The zero-order valence-corrected chi connectivity index (χ0v) is 11.8. The summed E-state index contributed by atoms with van der Waals surface area (Å²) in [6.07, 6.45) is 2.15. The van der Waals surface area contributed by atoms with E-state index in [1.54, 1.807) is 6.07 Å². The van der Waals surface area contributed by atoms with E-state index < -0.39 is 10.0 Å². The van der Waals surface area contributed by atoms with Gasteiger partial charge in [-0.3, -0.25) is 4.72 Å². The van der Waals surface area contributed by atoms with Crippen molar-refractivity contribution in [2.24, 2.45) is 0 Å². The maximum atomic E-state index is 12.3. The third-order valence-electron chi connectivity index (χ3n) is 2.56. The number of nitrogen functional groups attached to an aromatic ring is 1. The summed E-state index contributed by atoms with van der Waals surface area (Å²) < 4.78 is 31.9. The van der Waals surface area contributed by atoms with Crippen LogP contribution in [0.1, 0.15) is 5.56 Å². The van der Waals surface area contributed by atoms with Crippen molar-refractivity contribution in [2.75, 3.05) is 17.6 Å². The molecule has 1 heterocycles. The number of hydrogen-bond acceptors (Lipinski definition) is 7. The maximum absolute atomic E-state index is 12.3. The van der Waals surface area contributed by atoms with Crippen LogP contribution >= 0.6 is 0 Å². The van der Waals surface area contributed by atoms with Gasteiger partial charge in [-0.25, -0.2) is 18.4 Å². The Hall–Kier alpha value is -2.86. The van der Waals surface area contributed by atoms with Crippen LogP contribution in [0.4, 0.5) is 11.6 Å². The Kier molecular flexibility index (Phi) is 3.91. The van der Waals surface area contributed by atoms with Crippen LogP contribution in [0.3, 0.4) is 0 Å². The molecular formula is C12H11N5O3S. The fourth-order valence-electron chi connectivity index (χ4n) is 1.56. The van der Waals surface area contributed by atoms with Gasteiger partial charge >= 0.3 is 0 Å². The van der Waals surface area contributed by atoms with Crippen molar-refractivity contribution in [2.45, 2.75) is 4.90 Å². The number of aromatic nitrogens is 2. The van der Waals surface area contributed by atoms with Crippen molar-refractivity contribution in [3.63, 3.8) is 0 Å². The average Bonchev–Trinajstić information content (AvgIpc) is 2.47. The van der Waals surface area contributed by atoms with Gasteiger partial charge in [0.2, 0.25) is 5.95 Å². The monoisotopic (exact) mass is 305 g/mol. The topological polar surface area (TPSA) is 131 Å². The third-order valence-corrected chi connectivity index (χ3v) is 3.87. The van der Waals surface area contributed by atoms with Gasteiger partial charge in [0.05, 0.1) is 25.1 Å². The van der Waals surface area contributed by atoms with Crippen molar-refractivity contribution in [3.05, 3.63) is 36.2 Å². The summed E-state index contributed by atoms with van der Waals surface area (Å²) in [6, 6.07) is 6.49. The molecule has 2 rings (SSSR count). The quantitative estimate of drug-likeness (QED) is 0.851. The molecule has 0 amide bonds. The van der Waals surface area contributed by atoms with E-state index in [0.717, 1.165) is 12.4 Å². The third kappa shape index (κ3) is 3.01. The fraction of sp³-hybridized carbons (Fsp3) is 0.0833. The van der Waals surface area contributed by atoms with Gasteiger partial charge in [0.1, 0.15) is 22.4 Å². The van der Waals surface area contributed by atoms with Gasteiger partial charge in [0.15, 0.2) is 0 Å². The summed E-state index contributed by atoms with van der Waals surface area (Å²) in [5.41, 5.74) is 5.50. The lowest BCUT2D eigenvalue weighted by molar-refractivity contribution is 0.416. The zero-order chi connectivity index (χ0) is 15.5. The summed E-state index contributed by atoms with van der Waals surface area (Å²) in [5.74, 6) is 0.193. The first-order chi connectivity index (χ1) is 9.97. The van der Waals surface area contributed by atoms with E-state index in [0.29, 0.717) is 0 Å². The maximum Gasteiger partial charge on any atom is 0.265 e. The summed E-state index contributed by atoms with van der Waals surface area (Å²) in [7, 11) is -2.58. The normalized spacial score (nSPS) is 10.7. The van der Waals surface area contributed by atoms with E-state index in [1.807, 2.05) is 6.07 Å². The standard InChI is InChI=1S/C12H11N5O3S/c1-20-10-4-2-3-8(5-13)11(10)17-21(18,19)9-6-15-12(14)16-7-9/h2-4,6-7,17H,1H3,(H2,14,15,16). The summed E-state index contributed by atoms with van der Waals surface area (Å²) in [4.78, 5) is 7.07. The highest BCUT2D eigenvalue weighted by molar-refractivity contribution is 7.92. The number of hydrogen-bond donors (Lipinski definition) is 2. The number of rotatable bonds is 4. The Labute approximate surface area is 121 Å². The largest absolute Gasteiger partial charge is 0.495 e. The molecule has 0 aliphatic heterocycles. The highest BCUT2D eigenvalue weighted by Gasteiger charge is 2.19. The molecule has 0 bridgehead atoms. The van der Waals surface area contributed by atoms with Gasteiger partial charge < -0.3 is 10.5 Å². The number of para-hydroxylation sites is 1. The second kappa shape index (κ2) is 5.64. The van der Waals surface area contributed by atoms with Crippen LogP contribution in [0.15, 0.2) is 35.5 Å². The predicted octanol–water partition coefficient (Wildman–Crippen LogP) is 0.740. The molecule has 1 aromatic carbocycles.